The van der Waals surface area contributed by atoms with E-state index < -0.39 is 34.2 Å². The summed E-state index contributed by atoms with van der Waals surface area (Å²) in [5.41, 5.74) is -0.926. The number of hydrogen-bond donors (Lipinski definition) is 1. The molecule has 0 unspecified atom stereocenters. The van der Waals surface area contributed by atoms with Crippen LogP contribution in [-0.2, 0) is 21.0 Å². The van der Waals surface area contributed by atoms with Crippen LogP contribution in [0, 0.1) is 0 Å². The second-order valence-corrected chi connectivity index (χ2v) is 6.31. The number of hydrogen-bond acceptors (Lipinski definition) is 3. The SMILES string of the molecule is C=CCNC(=O)CN(c1ccc(C(F)(F)F)cc1)S(C)(=O)=O. The summed E-state index contributed by atoms with van der Waals surface area (Å²) in [6.45, 7) is 3.02. The molecule has 0 atom stereocenters. The number of amides is 1. The van der Waals surface area contributed by atoms with E-state index in [2.05, 4.69) is 11.9 Å². The molecule has 0 fully saturated rings. The number of nitrogens with one attached hydrogen (secondary N) is 1. The molecule has 0 heterocycles. The van der Waals surface area contributed by atoms with Crippen LogP contribution in [0.1, 0.15) is 5.56 Å². The fraction of sp³-hybridized carbons (Fsp3) is 0.308. The van der Waals surface area contributed by atoms with E-state index in [-0.39, 0.29) is 12.2 Å². The molecule has 0 saturated heterocycles. The predicted octanol–water partition coefficient (Wildman–Crippen LogP) is 1.77. The Bertz CT molecular complexity index is 639. The fourth-order valence-corrected chi connectivity index (χ4v) is 2.45. The maximum Gasteiger partial charge on any atom is 0.416 e. The van der Waals surface area contributed by atoms with Gasteiger partial charge >= 0.3 is 6.18 Å². The lowest BCUT2D eigenvalue weighted by Crippen LogP contribution is -2.40. The summed E-state index contributed by atoms with van der Waals surface area (Å²) < 4.78 is 61.7. The van der Waals surface area contributed by atoms with Gasteiger partial charge in [-0.3, -0.25) is 9.10 Å². The topological polar surface area (TPSA) is 66.5 Å². The minimum Gasteiger partial charge on any atom is -0.351 e. The van der Waals surface area contributed by atoms with Gasteiger partial charge in [0.05, 0.1) is 17.5 Å². The molecule has 0 spiro atoms. The largest absolute Gasteiger partial charge is 0.416 e. The van der Waals surface area contributed by atoms with Crippen molar-refractivity contribution >= 4 is 21.6 Å². The van der Waals surface area contributed by atoms with Crippen molar-refractivity contribution < 1.29 is 26.4 Å². The number of carbonyl (C=O) groups excluding carboxylic acids is 1. The molecule has 22 heavy (non-hydrogen) atoms. The maximum absolute atomic E-state index is 12.5. The van der Waals surface area contributed by atoms with E-state index in [1.54, 1.807) is 0 Å². The molecule has 0 aromatic heterocycles. The summed E-state index contributed by atoms with van der Waals surface area (Å²) >= 11 is 0. The molecule has 0 aliphatic heterocycles. The molecule has 9 heteroatoms. The molecule has 0 radical (unpaired) electrons. The number of benzene rings is 1. The number of anilines is 1. The van der Waals surface area contributed by atoms with Crippen LogP contribution in [0.15, 0.2) is 36.9 Å². The third-order valence-electron chi connectivity index (χ3n) is 2.61. The van der Waals surface area contributed by atoms with Crippen LogP contribution in [0.2, 0.25) is 0 Å². The highest BCUT2D eigenvalue weighted by Gasteiger charge is 2.30. The average Bonchev–Trinajstić information content (AvgIpc) is 2.40. The van der Waals surface area contributed by atoms with Gasteiger partial charge < -0.3 is 5.32 Å². The Morgan fingerprint density at radius 2 is 1.86 bits per heavy atom. The van der Waals surface area contributed by atoms with Crippen molar-refractivity contribution in [3.63, 3.8) is 0 Å². The van der Waals surface area contributed by atoms with Gasteiger partial charge in [0.1, 0.15) is 6.54 Å². The molecule has 1 amide bonds. The van der Waals surface area contributed by atoms with Gasteiger partial charge in [0.25, 0.3) is 0 Å². The van der Waals surface area contributed by atoms with Gasteiger partial charge in [-0.25, -0.2) is 8.42 Å². The Hall–Kier alpha value is -2.03. The Morgan fingerprint density at radius 3 is 2.27 bits per heavy atom. The lowest BCUT2D eigenvalue weighted by atomic mass is 10.2. The van der Waals surface area contributed by atoms with E-state index in [9.17, 15) is 26.4 Å². The molecule has 1 aromatic carbocycles. The van der Waals surface area contributed by atoms with Crippen molar-refractivity contribution in [1.29, 1.82) is 0 Å². The van der Waals surface area contributed by atoms with Gasteiger partial charge in [0.2, 0.25) is 15.9 Å². The lowest BCUT2D eigenvalue weighted by molar-refractivity contribution is -0.137. The Morgan fingerprint density at radius 1 is 1.32 bits per heavy atom. The molecule has 1 rings (SSSR count). The predicted molar refractivity (Wildman–Crippen MR) is 76.8 cm³/mol. The van der Waals surface area contributed by atoms with Crippen LogP contribution >= 0.6 is 0 Å². The molecule has 1 aromatic rings. The first kappa shape index (κ1) is 18.0. The monoisotopic (exact) mass is 336 g/mol. The molecule has 0 bridgehead atoms. The molecule has 1 N–H and O–H groups in total. The first-order chi connectivity index (χ1) is 10.1. The summed E-state index contributed by atoms with van der Waals surface area (Å²) in [6.07, 6.45) is -2.23. The zero-order valence-electron chi connectivity index (χ0n) is 11.7. The van der Waals surface area contributed by atoms with Crippen LogP contribution in [0.4, 0.5) is 18.9 Å². The van der Waals surface area contributed by atoms with E-state index >= 15 is 0 Å². The van der Waals surface area contributed by atoms with E-state index in [0.29, 0.717) is 0 Å². The van der Waals surface area contributed by atoms with Crippen LogP contribution in [-0.4, -0.2) is 33.7 Å². The molecule has 0 saturated carbocycles. The van der Waals surface area contributed by atoms with Crippen molar-refractivity contribution in [2.24, 2.45) is 0 Å². The van der Waals surface area contributed by atoms with Crippen molar-refractivity contribution in [2.45, 2.75) is 6.18 Å². The lowest BCUT2D eigenvalue weighted by Gasteiger charge is -2.22. The van der Waals surface area contributed by atoms with Crippen LogP contribution in [0.25, 0.3) is 0 Å². The highest BCUT2D eigenvalue weighted by atomic mass is 32.2. The zero-order chi connectivity index (χ0) is 17.0. The third-order valence-corrected chi connectivity index (χ3v) is 3.75. The molecule has 5 nitrogen and oxygen atoms in total. The van der Waals surface area contributed by atoms with Crippen molar-refractivity contribution in [2.75, 3.05) is 23.7 Å². The highest BCUT2D eigenvalue weighted by Crippen LogP contribution is 2.30. The van der Waals surface area contributed by atoms with Crippen molar-refractivity contribution in [1.82, 2.24) is 5.32 Å². The van der Waals surface area contributed by atoms with Crippen molar-refractivity contribution in [3.8, 4) is 0 Å². The number of rotatable bonds is 6. The first-order valence-corrected chi connectivity index (χ1v) is 7.93. The molecule has 122 valence electrons. The number of sulfonamides is 1. The number of nitrogens with zero attached hydrogens (tertiary/aromatic N) is 1. The molecular weight excluding hydrogens is 321 g/mol. The minimum absolute atomic E-state index is 0.0238. The first-order valence-electron chi connectivity index (χ1n) is 6.08. The second kappa shape index (κ2) is 6.82. The fourth-order valence-electron chi connectivity index (χ4n) is 1.59. The van der Waals surface area contributed by atoms with E-state index in [1.165, 1.54) is 6.08 Å². The van der Waals surface area contributed by atoms with Gasteiger partial charge in [-0.05, 0) is 24.3 Å². The van der Waals surface area contributed by atoms with Gasteiger partial charge in [-0.15, -0.1) is 6.58 Å². The zero-order valence-corrected chi connectivity index (χ0v) is 12.5. The standard InChI is InChI=1S/C13H15F3N2O3S/c1-3-8-17-12(19)9-18(22(2,20)21)11-6-4-10(5-7-11)13(14,15)16/h3-7H,1,8-9H2,2H3,(H,17,19). The van der Waals surface area contributed by atoms with Gasteiger partial charge in [0.15, 0.2) is 0 Å². The summed E-state index contributed by atoms with van der Waals surface area (Å²) in [6, 6.07) is 3.53. The van der Waals surface area contributed by atoms with Crippen LogP contribution in [0.5, 0.6) is 0 Å². The second-order valence-electron chi connectivity index (χ2n) is 4.41. The highest BCUT2D eigenvalue weighted by molar-refractivity contribution is 7.92. The van der Waals surface area contributed by atoms with Gasteiger partial charge in [0, 0.05) is 6.54 Å². The van der Waals surface area contributed by atoms with Gasteiger partial charge in [-0.1, -0.05) is 6.08 Å². The van der Waals surface area contributed by atoms with Crippen LogP contribution in [0.3, 0.4) is 0 Å². The number of alkyl halides is 3. The Kier molecular flexibility index (Phi) is 5.59. The average molecular weight is 336 g/mol. The van der Waals surface area contributed by atoms with Gasteiger partial charge in [-0.2, -0.15) is 13.2 Å². The number of carbonyl (C=O) groups is 1. The minimum atomic E-state index is -4.52. The summed E-state index contributed by atoms with van der Waals surface area (Å²) in [7, 11) is -3.82. The third kappa shape index (κ3) is 5.06. The number of halogens is 3. The molecular formula is C13H15F3N2O3S. The maximum atomic E-state index is 12.5. The summed E-state index contributed by atoms with van der Waals surface area (Å²) in [5, 5.41) is 2.40. The normalized spacial score (nSPS) is 11.8. The van der Waals surface area contributed by atoms with Crippen LogP contribution < -0.4 is 9.62 Å². The Labute approximate surface area is 126 Å². The molecule has 0 aliphatic rings. The van der Waals surface area contributed by atoms with E-state index in [0.717, 1.165) is 34.8 Å². The Balaban J connectivity index is 3.03. The quantitative estimate of drug-likeness (QED) is 0.805. The van der Waals surface area contributed by atoms with E-state index in [4.69, 9.17) is 0 Å². The van der Waals surface area contributed by atoms with E-state index in [1.807, 2.05) is 0 Å². The molecule has 0 aliphatic carbocycles. The smallest absolute Gasteiger partial charge is 0.351 e. The summed E-state index contributed by atoms with van der Waals surface area (Å²) in [4.78, 5) is 11.6. The van der Waals surface area contributed by atoms with Crippen molar-refractivity contribution in [3.05, 3.63) is 42.5 Å². The summed E-state index contributed by atoms with van der Waals surface area (Å²) in [5.74, 6) is -0.592.